The van der Waals surface area contributed by atoms with E-state index >= 15 is 0 Å². The van der Waals surface area contributed by atoms with Gasteiger partial charge in [-0.15, -0.1) is 0 Å². The van der Waals surface area contributed by atoms with E-state index in [1.807, 2.05) is 0 Å². The molecule has 1 aromatic rings. The quantitative estimate of drug-likeness (QED) is 0.792. The Morgan fingerprint density at radius 2 is 2.21 bits per heavy atom. The van der Waals surface area contributed by atoms with Crippen LogP contribution in [0.5, 0.6) is 0 Å². The highest BCUT2D eigenvalue weighted by Gasteiger charge is 2.22. The van der Waals surface area contributed by atoms with Crippen molar-refractivity contribution in [2.45, 2.75) is 19.1 Å². The van der Waals surface area contributed by atoms with Gasteiger partial charge in [0.25, 0.3) is 0 Å². The Bertz CT molecular complexity index is 377. The number of hydrogen-bond acceptors (Lipinski definition) is 4. The molecule has 0 fully saturated rings. The third-order valence-corrected chi connectivity index (χ3v) is 3.67. The Kier molecular flexibility index (Phi) is 3.54. The normalized spacial score (nSPS) is 13.9. The zero-order valence-corrected chi connectivity index (χ0v) is 8.95. The SMILES string of the molecule is CCNS(=O)(=O)C(C)c1cnccn1. The lowest BCUT2D eigenvalue weighted by Crippen LogP contribution is -2.28. The molecular weight excluding hydrogens is 202 g/mol. The number of hydrogen-bond donors (Lipinski definition) is 1. The number of sulfonamides is 1. The Morgan fingerprint density at radius 3 is 2.71 bits per heavy atom. The second kappa shape index (κ2) is 4.47. The van der Waals surface area contributed by atoms with E-state index in [0.717, 1.165) is 0 Å². The van der Waals surface area contributed by atoms with Crippen molar-refractivity contribution in [2.75, 3.05) is 6.54 Å². The number of aromatic nitrogens is 2. The maximum atomic E-state index is 11.6. The largest absolute Gasteiger partial charge is 0.261 e. The first-order valence-corrected chi connectivity index (χ1v) is 5.87. The summed E-state index contributed by atoms with van der Waals surface area (Å²) in [7, 11) is -3.32. The van der Waals surface area contributed by atoms with Crippen molar-refractivity contribution in [1.29, 1.82) is 0 Å². The molecule has 1 atom stereocenters. The van der Waals surface area contributed by atoms with E-state index in [4.69, 9.17) is 0 Å². The molecule has 0 bridgehead atoms. The van der Waals surface area contributed by atoms with Gasteiger partial charge in [0, 0.05) is 25.1 Å². The fraction of sp³-hybridized carbons (Fsp3) is 0.500. The summed E-state index contributed by atoms with van der Waals surface area (Å²) in [6.07, 6.45) is 4.45. The Hall–Kier alpha value is -1.01. The molecule has 0 aliphatic carbocycles. The van der Waals surface area contributed by atoms with Gasteiger partial charge in [0.1, 0.15) is 5.25 Å². The van der Waals surface area contributed by atoms with Crippen molar-refractivity contribution in [3.63, 3.8) is 0 Å². The lowest BCUT2D eigenvalue weighted by atomic mass is 10.3. The molecule has 0 amide bonds. The molecule has 14 heavy (non-hydrogen) atoms. The van der Waals surface area contributed by atoms with E-state index in [0.29, 0.717) is 12.2 Å². The molecule has 1 aromatic heterocycles. The zero-order valence-electron chi connectivity index (χ0n) is 8.14. The maximum absolute atomic E-state index is 11.6. The molecule has 0 spiro atoms. The van der Waals surface area contributed by atoms with Crippen molar-refractivity contribution in [3.05, 3.63) is 24.3 Å². The molecule has 0 aliphatic rings. The molecule has 0 saturated heterocycles. The highest BCUT2D eigenvalue weighted by Crippen LogP contribution is 2.16. The lowest BCUT2D eigenvalue weighted by Gasteiger charge is -2.11. The number of nitrogens with one attached hydrogen (secondary N) is 1. The summed E-state index contributed by atoms with van der Waals surface area (Å²) in [6.45, 7) is 3.70. The van der Waals surface area contributed by atoms with E-state index in [1.54, 1.807) is 13.8 Å². The lowest BCUT2D eigenvalue weighted by molar-refractivity contribution is 0.572. The monoisotopic (exact) mass is 215 g/mol. The molecular formula is C8H13N3O2S. The van der Waals surface area contributed by atoms with Crippen molar-refractivity contribution in [3.8, 4) is 0 Å². The van der Waals surface area contributed by atoms with Crippen LogP contribution in [0.4, 0.5) is 0 Å². The van der Waals surface area contributed by atoms with Gasteiger partial charge in [0.2, 0.25) is 10.0 Å². The van der Waals surface area contributed by atoms with E-state index in [-0.39, 0.29) is 0 Å². The van der Waals surface area contributed by atoms with Gasteiger partial charge in [-0.25, -0.2) is 13.1 Å². The molecule has 1 rings (SSSR count). The van der Waals surface area contributed by atoms with Gasteiger partial charge >= 0.3 is 0 Å². The molecule has 1 N–H and O–H groups in total. The molecule has 0 aromatic carbocycles. The summed E-state index contributed by atoms with van der Waals surface area (Å²) < 4.78 is 25.5. The fourth-order valence-electron chi connectivity index (χ4n) is 1.01. The predicted molar refractivity (Wildman–Crippen MR) is 53.0 cm³/mol. The van der Waals surface area contributed by atoms with Crippen LogP contribution in [0.2, 0.25) is 0 Å². The van der Waals surface area contributed by atoms with E-state index in [1.165, 1.54) is 18.6 Å². The molecule has 1 unspecified atom stereocenters. The van der Waals surface area contributed by atoms with Crippen molar-refractivity contribution in [2.24, 2.45) is 0 Å². The third-order valence-electron chi connectivity index (χ3n) is 1.81. The van der Waals surface area contributed by atoms with Crippen LogP contribution in [0.25, 0.3) is 0 Å². The van der Waals surface area contributed by atoms with Crippen LogP contribution in [-0.4, -0.2) is 24.9 Å². The van der Waals surface area contributed by atoms with Crippen LogP contribution in [0.1, 0.15) is 24.8 Å². The van der Waals surface area contributed by atoms with Crippen LogP contribution >= 0.6 is 0 Å². The van der Waals surface area contributed by atoms with Gasteiger partial charge in [0.05, 0.1) is 5.69 Å². The van der Waals surface area contributed by atoms with Crippen LogP contribution < -0.4 is 4.72 Å². The molecule has 5 nitrogen and oxygen atoms in total. The van der Waals surface area contributed by atoms with E-state index in [9.17, 15) is 8.42 Å². The van der Waals surface area contributed by atoms with Gasteiger partial charge < -0.3 is 0 Å². The highest BCUT2D eigenvalue weighted by molar-refractivity contribution is 7.89. The standard InChI is InChI=1S/C8H13N3O2S/c1-3-11-14(12,13)7(2)8-6-9-4-5-10-8/h4-7,11H,3H2,1-2H3. The molecule has 0 saturated carbocycles. The molecule has 6 heteroatoms. The van der Waals surface area contributed by atoms with Crippen LogP contribution in [0, 0.1) is 0 Å². The summed E-state index contributed by atoms with van der Waals surface area (Å²) in [5.74, 6) is 0. The molecule has 0 radical (unpaired) electrons. The van der Waals surface area contributed by atoms with Crippen LogP contribution in [-0.2, 0) is 10.0 Å². The van der Waals surface area contributed by atoms with Gasteiger partial charge in [-0.2, -0.15) is 0 Å². The summed E-state index contributed by atoms with van der Waals surface area (Å²) in [4.78, 5) is 7.77. The first kappa shape index (κ1) is 11.1. The minimum absolute atomic E-state index is 0.382. The van der Waals surface area contributed by atoms with Gasteiger partial charge in [-0.1, -0.05) is 6.92 Å². The smallest absolute Gasteiger partial charge is 0.220 e. The summed E-state index contributed by atoms with van der Waals surface area (Å²) in [5, 5.41) is -0.670. The second-order valence-electron chi connectivity index (χ2n) is 2.82. The average molecular weight is 215 g/mol. The Morgan fingerprint density at radius 1 is 1.50 bits per heavy atom. The number of nitrogens with zero attached hydrogens (tertiary/aromatic N) is 2. The molecule has 0 aliphatic heterocycles. The number of rotatable bonds is 4. The third kappa shape index (κ3) is 2.49. The summed E-state index contributed by atoms with van der Waals surface area (Å²) >= 11 is 0. The van der Waals surface area contributed by atoms with Crippen LogP contribution in [0.3, 0.4) is 0 Å². The van der Waals surface area contributed by atoms with Crippen molar-refractivity contribution in [1.82, 2.24) is 14.7 Å². The van der Waals surface area contributed by atoms with Gasteiger partial charge in [-0.05, 0) is 6.92 Å². The van der Waals surface area contributed by atoms with Gasteiger partial charge in [-0.3, -0.25) is 9.97 Å². The Labute approximate surface area is 83.6 Å². The summed E-state index contributed by atoms with van der Waals surface area (Å²) in [5.41, 5.74) is 0.452. The summed E-state index contributed by atoms with van der Waals surface area (Å²) in [6, 6.07) is 0. The first-order valence-electron chi connectivity index (χ1n) is 4.32. The van der Waals surface area contributed by atoms with E-state index < -0.39 is 15.3 Å². The van der Waals surface area contributed by atoms with Crippen LogP contribution in [0.15, 0.2) is 18.6 Å². The predicted octanol–water partition coefficient (Wildman–Crippen LogP) is 0.477. The van der Waals surface area contributed by atoms with Crippen molar-refractivity contribution >= 4 is 10.0 Å². The topological polar surface area (TPSA) is 72.0 Å². The second-order valence-corrected chi connectivity index (χ2v) is 4.90. The minimum atomic E-state index is -3.32. The zero-order chi connectivity index (χ0) is 10.6. The first-order chi connectivity index (χ1) is 6.58. The highest BCUT2D eigenvalue weighted by atomic mass is 32.2. The van der Waals surface area contributed by atoms with E-state index in [2.05, 4.69) is 14.7 Å². The van der Waals surface area contributed by atoms with Crippen molar-refractivity contribution < 1.29 is 8.42 Å². The maximum Gasteiger partial charge on any atom is 0.220 e. The molecule has 78 valence electrons. The molecule has 1 heterocycles. The Balaban J connectivity index is 2.91. The fourth-order valence-corrected chi connectivity index (χ4v) is 2.10. The van der Waals surface area contributed by atoms with Gasteiger partial charge in [0.15, 0.2) is 0 Å². The average Bonchev–Trinajstić information content (AvgIpc) is 2.18. The minimum Gasteiger partial charge on any atom is -0.261 e.